The lowest BCUT2D eigenvalue weighted by molar-refractivity contribution is -0.144. The van der Waals surface area contributed by atoms with E-state index in [1.165, 1.54) is 0 Å². The van der Waals surface area contributed by atoms with Crippen molar-refractivity contribution in [2.75, 3.05) is 33.4 Å². The predicted octanol–water partition coefficient (Wildman–Crippen LogP) is 3.05. The quantitative estimate of drug-likeness (QED) is 0.542. The van der Waals surface area contributed by atoms with Crippen LogP contribution in [-0.2, 0) is 14.3 Å². The molecule has 0 saturated heterocycles. The summed E-state index contributed by atoms with van der Waals surface area (Å²) in [5, 5.41) is 0. The summed E-state index contributed by atoms with van der Waals surface area (Å²) in [7, 11) is 1.61. The van der Waals surface area contributed by atoms with E-state index < -0.39 is 0 Å². The van der Waals surface area contributed by atoms with Crippen LogP contribution >= 0.6 is 0 Å². The minimum Gasteiger partial charge on any atom is -0.497 e. The molecule has 0 radical (unpaired) electrons. The summed E-state index contributed by atoms with van der Waals surface area (Å²) in [5.74, 6) is 1.24. The molecule has 0 aliphatic rings. The van der Waals surface area contributed by atoms with Crippen LogP contribution in [0.15, 0.2) is 24.3 Å². The molecule has 6 heteroatoms. The molecule has 0 aliphatic heterocycles. The molecule has 6 nitrogen and oxygen atoms in total. The number of ether oxygens (including phenoxy) is 3. The fraction of sp³-hybridized carbons (Fsp3) is 0.579. The Kier molecular flexibility index (Phi) is 10.1. The van der Waals surface area contributed by atoms with Gasteiger partial charge in [-0.15, -0.1) is 0 Å². The number of unbranched alkanes of at least 4 members (excludes halogenated alkanes) is 1. The highest BCUT2D eigenvalue weighted by atomic mass is 16.5. The number of hydrogen-bond donors (Lipinski definition) is 0. The van der Waals surface area contributed by atoms with Crippen molar-refractivity contribution >= 4 is 11.9 Å². The van der Waals surface area contributed by atoms with Crippen LogP contribution in [0.5, 0.6) is 11.5 Å². The molecule has 0 aromatic heterocycles. The van der Waals surface area contributed by atoms with Crippen LogP contribution in [0.4, 0.5) is 0 Å². The molecule has 0 N–H and O–H groups in total. The van der Waals surface area contributed by atoms with Crippen molar-refractivity contribution in [1.29, 1.82) is 0 Å². The number of rotatable bonds is 12. The Morgan fingerprint density at radius 1 is 1.00 bits per heavy atom. The van der Waals surface area contributed by atoms with Gasteiger partial charge in [0.1, 0.15) is 18.1 Å². The highest BCUT2D eigenvalue weighted by molar-refractivity contribution is 5.77. The van der Waals surface area contributed by atoms with E-state index in [0.29, 0.717) is 38.5 Å². The Labute approximate surface area is 150 Å². The standard InChI is InChI=1S/C19H29NO5/c1-4-6-7-18(21)20(13-12-19(22)24-5-2)14-15-25-17-10-8-16(23-3)9-11-17/h8-11H,4-7,12-15H2,1-3H3. The molecular formula is C19H29NO5. The van der Waals surface area contributed by atoms with E-state index in [4.69, 9.17) is 14.2 Å². The Morgan fingerprint density at radius 3 is 2.28 bits per heavy atom. The molecule has 0 atom stereocenters. The van der Waals surface area contributed by atoms with E-state index >= 15 is 0 Å². The number of hydrogen-bond acceptors (Lipinski definition) is 5. The zero-order valence-corrected chi connectivity index (χ0v) is 15.5. The van der Waals surface area contributed by atoms with E-state index in [-0.39, 0.29) is 18.3 Å². The number of amides is 1. The Balaban J connectivity index is 2.49. The molecule has 1 aromatic rings. The molecule has 0 unspecified atom stereocenters. The molecule has 0 heterocycles. The Morgan fingerprint density at radius 2 is 1.68 bits per heavy atom. The van der Waals surface area contributed by atoms with Crippen LogP contribution in [0.3, 0.4) is 0 Å². The van der Waals surface area contributed by atoms with E-state index in [1.54, 1.807) is 18.9 Å². The monoisotopic (exact) mass is 351 g/mol. The van der Waals surface area contributed by atoms with E-state index in [9.17, 15) is 9.59 Å². The van der Waals surface area contributed by atoms with Gasteiger partial charge in [-0.1, -0.05) is 13.3 Å². The summed E-state index contributed by atoms with van der Waals surface area (Å²) in [6.45, 7) is 5.32. The van der Waals surface area contributed by atoms with Gasteiger partial charge in [-0.2, -0.15) is 0 Å². The Hall–Kier alpha value is -2.24. The molecule has 25 heavy (non-hydrogen) atoms. The first-order valence-corrected chi connectivity index (χ1v) is 8.80. The summed E-state index contributed by atoms with van der Waals surface area (Å²) in [5.41, 5.74) is 0. The van der Waals surface area contributed by atoms with Gasteiger partial charge >= 0.3 is 5.97 Å². The third-order valence-electron chi connectivity index (χ3n) is 3.68. The van der Waals surface area contributed by atoms with Gasteiger partial charge in [0.25, 0.3) is 0 Å². The van der Waals surface area contributed by atoms with E-state index in [1.807, 2.05) is 31.2 Å². The fourth-order valence-corrected chi connectivity index (χ4v) is 2.25. The summed E-state index contributed by atoms with van der Waals surface area (Å²) in [4.78, 5) is 25.5. The fourth-order valence-electron chi connectivity index (χ4n) is 2.25. The van der Waals surface area contributed by atoms with Crippen molar-refractivity contribution in [2.45, 2.75) is 39.5 Å². The average molecular weight is 351 g/mol. The summed E-state index contributed by atoms with van der Waals surface area (Å²) >= 11 is 0. The SMILES string of the molecule is CCCCC(=O)N(CCOc1ccc(OC)cc1)CCC(=O)OCC. The Bertz CT molecular complexity index is 515. The van der Waals surface area contributed by atoms with Gasteiger partial charge in [-0.05, 0) is 37.6 Å². The topological polar surface area (TPSA) is 65.1 Å². The molecule has 1 aromatic carbocycles. The van der Waals surface area contributed by atoms with Crippen molar-refractivity contribution in [3.05, 3.63) is 24.3 Å². The minimum absolute atomic E-state index is 0.0458. The molecular weight excluding hydrogens is 322 g/mol. The third kappa shape index (κ3) is 8.42. The number of nitrogens with zero attached hydrogens (tertiary/aromatic N) is 1. The summed E-state index contributed by atoms with van der Waals surface area (Å²) in [6, 6.07) is 7.28. The lowest BCUT2D eigenvalue weighted by Gasteiger charge is -2.22. The second-order valence-corrected chi connectivity index (χ2v) is 5.56. The average Bonchev–Trinajstić information content (AvgIpc) is 2.63. The van der Waals surface area contributed by atoms with Crippen molar-refractivity contribution < 1.29 is 23.8 Å². The molecule has 0 spiro atoms. The zero-order chi connectivity index (χ0) is 18.5. The smallest absolute Gasteiger partial charge is 0.307 e. The van der Waals surface area contributed by atoms with Gasteiger partial charge in [-0.25, -0.2) is 0 Å². The van der Waals surface area contributed by atoms with Crippen molar-refractivity contribution in [3.8, 4) is 11.5 Å². The minimum atomic E-state index is -0.285. The van der Waals surface area contributed by atoms with Crippen LogP contribution in [0, 0.1) is 0 Å². The van der Waals surface area contributed by atoms with Gasteiger partial charge < -0.3 is 19.1 Å². The van der Waals surface area contributed by atoms with Crippen LogP contribution in [0.2, 0.25) is 0 Å². The second-order valence-electron chi connectivity index (χ2n) is 5.56. The van der Waals surface area contributed by atoms with Crippen LogP contribution < -0.4 is 9.47 Å². The van der Waals surface area contributed by atoms with Crippen LogP contribution in [-0.4, -0.2) is 50.2 Å². The van der Waals surface area contributed by atoms with Crippen molar-refractivity contribution in [3.63, 3.8) is 0 Å². The van der Waals surface area contributed by atoms with Gasteiger partial charge in [0.15, 0.2) is 0 Å². The molecule has 0 aliphatic carbocycles. The van der Waals surface area contributed by atoms with E-state index in [2.05, 4.69) is 0 Å². The highest BCUT2D eigenvalue weighted by Gasteiger charge is 2.15. The molecule has 140 valence electrons. The number of benzene rings is 1. The number of esters is 1. The molecule has 0 bridgehead atoms. The number of carbonyl (C=O) groups is 2. The van der Waals surface area contributed by atoms with Gasteiger partial charge in [0.05, 0.1) is 26.7 Å². The number of methoxy groups -OCH3 is 1. The third-order valence-corrected chi connectivity index (χ3v) is 3.68. The van der Waals surface area contributed by atoms with E-state index in [0.717, 1.165) is 18.6 Å². The first-order chi connectivity index (χ1) is 12.1. The molecule has 1 amide bonds. The number of carbonyl (C=O) groups excluding carboxylic acids is 2. The van der Waals surface area contributed by atoms with Gasteiger partial charge in [0.2, 0.25) is 5.91 Å². The lowest BCUT2D eigenvalue weighted by Crippen LogP contribution is -2.36. The van der Waals surface area contributed by atoms with Crippen molar-refractivity contribution in [1.82, 2.24) is 4.90 Å². The normalized spacial score (nSPS) is 10.2. The first kappa shape index (κ1) is 20.8. The zero-order valence-electron chi connectivity index (χ0n) is 15.5. The maximum Gasteiger partial charge on any atom is 0.307 e. The van der Waals surface area contributed by atoms with Crippen LogP contribution in [0.25, 0.3) is 0 Å². The summed E-state index contributed by atoms with van der Waals surface area (Å²) < 4.78 is 15.7. The maximum absolute atomic E-state index is 12.3. The largest absolute Gasteiger partial charge is 0.497 e. The molecule has 0 fully saturated rings. The lowest BCUT2D eigenvalue weighted by atomic mass is 10.2. The second kappa shape index (κ2) is 12.2. The van der Waals surface area contributed by atoms with Gasteiger partial charge in [0, 0.05) is 13.0 Å². The van der Waals surface area contributed by atoms with Crippen LogP contribution in [0.1, 0.15) is 39.5 Å². The van der Waals surface area contributed by atoms with Gasteiger partial charge in [-0.3, -0.25) is 9.59 Å². The highest BCUT2D eigenvalue weighted by Crippen LogP contribution is 2.17. The molecule has 0 saturated carbocycles. The summed E-state index contributed by atoms with van der Waals surface area (Å²) in [6.07, 6.45) is 2.49. The first-order valence-electron chi connectivity index (χ1n) is 8.80. The van der Waals surface area contributed by atoms with Crippen molar-refractivity contribution in [2.24, 2.45) is 0 Å². The molecule has 1 rings (SSSR count). The predicted molar refractivity (Wildman–Crippen MR) is 95.8 cm³/mol. The maximum atomic E-state index is 12.3.